The number of aryl methyl sites for hydroxylation is 2. The Morgan fingerprint density at radius 2 is 0.821 bits per heavy atom. The topological polar surface area (TPSA) is 42.3 Å². The summed E-state index contributed by atoms with van der Waals surface area (Å²) in [6.07, 6.45) is 0. The van der Waals surface area contributed by atoms with Gasteiger partial charge in [-0.2, -0.15) is 0 Å². The maximum absolute atomic E-state index is 15.3. The third kappa shape index (κ3) is 5.38. The Balaban J connectivity index is 1.23. The first kappa shape index (κ1) is 33.3. The van der Waals surface area contributed by atoms with Crippen LogP contribution in [0.1, 0.15) is 31.8 Å². The number of rotatable bonds is 6. The van der Waals surface area contributed by atoms with Gasteiger partial charge >= 0.3 is 0 Å². The van der Waals surface area contributed by atoms with Crippen molar-refractivity contribution in [2.45, 2.75) is 13.8 Å². The van der Waals surface area contributed by atoms with E-state index >= 15 is 4.79 Å². The van der Waals surface area contributed by atoms with E-state index < -0.39 is 0 Å². The summed E-state index contributed by atoms with van der Waals surface area (Å²) in [6, 6.07) is 61.8. The molecule has 4 nitrogen and oxygen atoms in total. The van der Waals surface area contributed by atoms with Gasteiger partial charge in [0.25, 0.3) is 11.8 Å². The van der Waals surface area contributed by atoms with Crippen molar-refractivity contribution in [3.8, 4) is 50.2 Å². The molecule has 2 heterocycles. The summed E-state index contributed by atoms with van der Waals surface area (Å²) in [5.74, 6) is -0.686. The number of imide groups is 1. The Morgan fingerprint density at radius 1 is 0.375 bits per heavy atom. The van der Waals surface area contributed by atoms with Crippen LogP contribution in [0.25, 0.3) is 72.0 Å². The molecule has 2 amide bonds. The Kier molecular flexibility index (Phi) is 7.86. The number of hydrogen-bond acceptors (Lipinski definition) is 2. The normalized spacial score (nSPS) is 12.5. The summed E-state index contributed by atoms with van der Waals surface area (Å²) in [4.78, 5) is 31.6. The van der Waals surface area contributed by atoms with Crippen molar-refractivity contribution in [1.82, 2.24) is 4.57 Å². The lowest BCUT2D eigenvalue weighted by Gasteiger charge is -2.23. The number of para-hydroxylation sites is 1. The Bertz CT molecular complexity index is 2840. The molecule has 8 aromatic carbocycles. The first-order valence-corrected chi connectivity index (χ1v) is 18.9. The largest absolute Gasteiger partial charge is 0.308 e. The van der Waals surface area contributed by atoms with E-state index in [1.165, 1.54) is 16.0 Å². The van der Waals surface area contributed by atoms with Gasteiger partial charge in [-0.05, 0) is 71.5 Å². The number of amides is 2. The van der Waals surface area contributed by atoms with Crippen LogP contribution in [0.4, 0.5) is 5.69 Å². The number of carbonyl (C=O) groups excluding carboxylic acids is 2. The van der Waals surface area contributed by atoms with Gasteiger partial charge in [-0.1, -0.05) is 169 Å². The first-order valence-electron chi connectivity index (χ1n) is 18.9. The zero-order valence-corrected chi connectivity index (χ0v) is 31.0. The van der Waals surface area contributed by atoms with Crippen LogP contribution in [0.2, 0.25) is 0 Å². The molecule has 0 spiro atoms. The highest BCUT2D eigenvalue weighted by Gasteiger charge is 2.41. The zero-order valence-electron chi connectivity index (χ0n) is 31.0. The second-order valence-corrected chi connectivity index (χ2v) is 14.6. The highest BCUT2D eigenvalue weighted by Crippen LogP contribution is 2.45. The molecule has 0 aliphatic carbocycles. The molecule has 1 aliphatic heterocycles. The molecular weight excluding hydrogens is 685 g/mol. The second-order valence-electron chi connectivity index (χ2n) is 14.6. The van der Waals surface area contributed by atoms with Crippen LogP contribution >= 0.6 is 0 Å². The van der Waals surface area contributed by atoms with Crippen molar-refractivity contribution in [3.05, 3.63) is 204 Å². The molecule has 0 radical (unpaired) electrons. The van der Waals surface area contributed by atoms with Crippen molar-refractivity contribution < 1.29 is 9.59 Å². The Morgan fingerprint density at radius 3 is 1.32 bits per heavy atom. The zero-order chi connectivity index (χ0) is 37.9. The van der Waals surface area contributed by atoms with Crippen LogP contribution in [0.5, 0.6) is 0 Å². The van der Waals surface area contributed by atoms with Gasteiger partial charge in [0.05, 0.1) is 33.5 Å². The molecule has 1 aromatic heterocycles. The molecule has 0 fully saturated rings. The maximum atomic E-state index is 15.3. The summed E-state index contributed by atoms with van der Waals surface area (Å²) < 4.78 is 2.19. The van der Waals surface area contributed by atoms with Crippen LogP contribution in [0.3, 0.4) is 0 Å². The minimum absolute atomic E-state index is 0.339. The summed E-state index contributed by atoms with van der Waals surface area (Å²) in [7, 11) is 0. The average molecular weight is 721 g/mol. The highest BCUT2D eigenvalue weighted by atomic mass is 16.2. The molecule has 1 aliphatic rings. The molecule has 10 rings (SSSR count). The van der Waals surface area contributed by atoms with Crippen molar-refractivity contribution >= 4 is 39.3 Å². The molecule has 9 aromatic rings. The van der Waals surface area contributed by atoms with Gasteiger partial charge in [0.1, 0.15) is 0 Å². The minimum atomic E-state index is -0.347. The van der Waals surface area contributed by atoms with Crippen LogP contribution < -0.4 is 4.90 Å². The number of carbonyl (C=O) groups is 2. The summed E-state index contributed by atoms with van der Waals surface area (Å²) >= 11 is 0. The van der Waals surface area contributed by atoms with Gasteiger partial charge in [0.2, 0.25) is 0 Å². The van der Waals surface area contributed by atoms with Crippen LogP contribution in [0.15, 0.2) is 182 Å². The molecule has 56 heavy (non-hydrogen) atoms. The third-order valence-corrected chi connectivity index (χ3v) is 11.1. The predicted octanol–water partition coefficient (Wildman–Crippen LogP) is 12.9. The van der Waals surface area contributed by atoms with Crippen molar-refractivity contribution in [3.63, 3.8) is 0 Å². The highest BCUT2D eigenvalue weighted by molar-refractivity contribution is 6.37. The fourth-order valence-corrected chi connectivity index (χ4v) is 8.27. The molecule has 4 heteroatoms. The fraction of sp³-hybridized carbons (Fsp3) is 0.0385. The SMILES string of the molecule is Cc1ccc(-c2ccc3c4ccc(-c5ccc(C)cc5)cc4n(-c4cccc5c4C(=O)N(c4c(-c6ccccc6)cccc4-c4ccccc4)C5=O)c3c2)cc1. The standard InChI is InChI=1S/C52H36N2O2/c1-33-19-23-35(24-20-33)39-27-29-43-44-30-28-40(36-25-21-34(2)22-26-36)32-48(44)53(47(43)31-39)46-18-10-17-45-49(46)52(56)54(51(45)55)50-41(37-11-5-3-6-12-37)15-9-16-42(50)38-13-7-4-8-14-38/h3-32H,1-2H3. The molecule has 0 bridgehead atoms. The van der Waals surface area contributed by atoms with E-state index in [1.54, 1.807) is 6.07 Å². The molecule has 266 valence electrons. The second kappa shape index (κ2) is 13.2. The number of hydrogen-bond donors (Lipinski definition) is 0. The van der Waals surface area contributed by atoms with Gasteiger partial charge in [-0.25, -0.2) is 4.90 Å². The summed E-state index contributed by atoms with van der Waals surface area (Å²) in [5, 5.41) is 2.14. The van der Waals surface area contributed by atoms with Crippen LogP contribution in [0, 0.1) is 13.8 Å². The third-order valence-electron chi connectivity index (χ3n) is 11.1. The van der Waals surface area contributed by atoms with E-state index in [0.717, 1.165) is 66.3 Å². The maximum Gasteiger partial charge on any atom is 0.268 e. The van der Waals surface area contributed by atoms with Crippen molar-refractivity contribution in [1.29, 1.82) is 0 Å². The lowest BCUT2D eigenvalue weighted by molar-refractivity contribution is 0.0926. The van der Waals surface area contributed by atoms with Crippen molar-refractivity contribution in [2.75, 3.05) is 4.90 Å². The van der Waals surface area contributed by atoms with E-state index in [9.17, 15) is 4.79 Å². The van der Waals surface area contributed by atoms with Gasteiger partial charge in [0.15, 0.2) is 0 Å². The average Bonchev–Trinajstić information content (AvgIpc) is 3.70. The van der Waals surface area contributed by atoms with E-state index in [0.29, 0.717) is 22.5 Å². The molecule has 0 saturated heterocycles. The van der Waals surface area contributed by atoms with E-state index in [4.69, 9.17) is 0 Å². The minimum Gasteiger partial charge on any atom is -0.308 e. The lowest BCUT2D eigenvalue weighted by Crippen LogP contribution is -2.30. The van der Waals surface area contributed by atoms with Crippen LogP contribution in [-0.4, -0.2) is 16.4 Å². The number of benzene rings is 8. The van der Waals surface area contributed by atoms with E-state index in [2.05, 4.69) is 103 Å². The molecule has 0 atom stereocenters. The number of anilines is 1. The van der Waals surface area contributed by atoms with Gasteiger partial charge in [-0.3, -0.25) is 9.59 Å². The molecule has 0 saturated carbocycles. The van der Waals surface area contributed by atoms with Gasteiger partial charge in [0, 0.05) is 21.9 Å². The van der Waals surface area contributed by atoms with E-state index in [-0.39, 0.29) is 11.8 Å². The number of aromatic nitrogens is 1. The fourth-order valence-electron chi connectivity index (χ4n) is 8.27. The lowest BCUT2D eigenvalue weighted by atomic mass is 9.95. The van der Waals surface area contributed by atoms with Crippen molar-refractivity contribution in [2.24, 2.45) is 0 Å². The predicted molar refractivity (Wildman–Crippen MR) is 230 cm³/mol. The van der Waals surface area contributed by atoms with Gasteiger partial charge in [-0.15, -0.1) is 0 Å². The Hall–Kier alpha value is -7.30. The van der Waals surface area contributed by atoms with E-state index in [1.807, 2.05) is 91.0 Å². The molecular formula is C52H36N2O2. The van der Waals surface area contributed by atoms with Gasteiger partial charge < -0.3 is 4.57 Å². The van der Waals surface area contributed by atoms with Crippen LogP contribution in [-0.2, 0) is 0 Å². The quantitative estimate of drug-likeness (QED) is 0.161. The monoisotopic (exact) mass is 720 g/mol. The Labute approximate surface area is 325 Å². The summed E-state index contributed by atoms with van der Waals surface area (Å²) in [5.41, 5.74) is 14.2. The molecule has 0 N–H and O–H groups in total. The summed E-state index contributed by atoms with van der Waals surface area (Å²) in [6.45, 7) is 4.18. The molecule has 0 unspecified atom stereocenters. The first-order chi connectivity index (χ1) is 27.4. The number of nitrogens with zero attached hydrogens (tertiary/aromatic N) is 2. The smallest absolute Gasteiger partial charge is 0.268 e. The number of fused-ring (bicyclic) bond motifs is 4.